The minimum atomic E-state index is -1.79. The highest BCUT2D eigenvalue weighted by Gasteiger charge is 2.37. The Morgan fingerprint density at radius 1 is 0.559 bits per heavy atom. The van der Waals surface area contributed by atoms with Gasteiger partial charge in [-0.15, -0.1) is 0 Å². The largest absolute Gasteiger partial charge is 0.508 e. The van der Waals surface area contributed by atoms with E-state index in [1.807, 2.05) is 0 Å². The van der Waals surface area contributed by atoms with E-state index in [0.717, 1.165) is 0 Å². The number of carboxylic acids is 1. The van der Waals surface area contributed by atoms with Crippen molar-refractivity contribution < 1.29 is 68.1 Å². The molecule has 25 nitrogen and oxygen atoms in total. The second-order valence-corrected chi connectivity index (χ2v) is 17.2. The number of aliphatic carboxylic acids is 1. The molecule has 1 rings (SSSR count). The van der Waals surface area contributed by atoms with Crippen molar-refractivity contribution in [1.82, 2.24) is 37.2 Å². The number of nitrogens with one attached hydrogen (secondary N) is 7. The number of amides is 10. The molecule has 380 valence electrons. The monoisotopic (exact) mass is 964 g/mol. The van der Waals surface area contributed by atoms with E-state index in [-0.39, 0.29) is 43.8 Å². The molecule has 68 heavy (non-hydrogen) atoms. The number of benzene rings is 1. The van der Waals surface area contributed by atoms with Crippen LogP contribution in [0.5, 0.6) is 5.75 Å². The summed E-state index contributed by atoms with van der Waals surface area (Å²) in [6, 6.07) is -6.36. The fourth-order valence-corrected chi connectivity index (χ4v) is 6.46. The van der Waals surface area contributed by atoms with Crippen LogP contribution in [0.25, 0.3) is 0 Å². The standard InChI is InChI=1S/C43H69N11O14/c1-7-22(6)35(42(66)53-34(21(4)5)41(65)49-27(43(67)68)13-15-32(46)58)54-40(64)28(16-20(2)3)50-38(62)29(17-23-8-10-24(56)11-9-23)51-39(63)30(18-33(47)59)52-37(61)26(12-14-31(45)57)48-36(60)25(44)19-55/h8-11,20-22,25-30,34-35,55-56H,7,12-19,44H2,1-6H3,(H2,45,57)(H2,46,58)(H2,47,59)(H,48,60)(H,49,65)(H,50,62)(H,51,63)(H,52,61)(H,53,66)(H,54,64)(H,67,68)/t22-,25-,26-,27-,28-,29-,30-,34-,35-/m0/s1. The number of hydrogen-bond donors (Lipinski definition) is 14. The Balaban J connectivity index is 3.57. The van der Waals surface area contributed by atoms with E-state index < -0.39 is 145 Å². The van der Waals surface area contributed by atoms with Crippen LogP contribution < -0.4 is 60.2 Å². The van der Waals surface area contributed by atoms with E-state index >= 15 is 0 Å². The van der Waals surface area contributed by atoms with Crippen LogP contribution in [-0.2, 0) is 59.2 Å². The Hall–Kier alpha value is -6.89. The van der Waals surface area contributed by atoms with Gasteiger partial charge in [-0.05, 0) is 54.7 Å². The quantitative estimate of drug-likeness (QED) is 0.0336. The maximum Gasteiger partial charge on any atom is 0.326 e. The van der Waals surface area contributed by atoms with Crippen molar-refractivity contribution in [3.05, 3.63) is 29.8 Å². The normalized spacial score (nSPS) is 15.1. The van der Waals surface area contributed by atoms with Gasteiger partial charge in [0.05, 0.1) is 13.0 Å². The van der Waals surface area contributed by atoms with Crippen LogP contribution in [0, 0.1) is 17.8 Å². The second kappa shape index (κ2) is 29.0. The van der Waals surface area contributed by atoms with Crippen LogP contribution in [0.3, 0.4) is 0 Å². The summed E-state index contributed by atoms with van der Waals surface area (Å²) in [5.74, 6) is -12.4. The van der Waals surface area contributed by atoms with Crippen LogP contribution in [0.4, 0.5) is 0 Å². The number of phenolic OH excluding ortho intramolecular Hbond substituents is 1. The van der Waals surface area contributed by atoms with Crippen LogP contribution in [0.2, 0.25) is 0 Å². The van der Waals surface area contributed by atoms with Crippen LogP contribution >= 0.6 is 0 Å². The first kappa shape index (κ1) is 59.1. The molecule has 18 N–H and O–H groups in total. The lowest BCUT2D eigenvalue weighted by molar-refractivity contribution is -0.143. The molecule has 1 aromatic rings. The highest BCUT2D eigenvalue weighted by atomic mass is 16.4. The Kier molecular flexibility index (Phi) is 25.2. The third-order valence-electron chi connectivity index (χ3n) is 10.6. The van der Waals surface area contributed by atoms with Crippen molar-refractivity contribution in [1.29, 1.82) is 0 Å². The van der Waals surface area contributed by atoms with E-state index in [9.17, 15) is 68.1 Å². The number of phenols is 1. The van der Waals surface area contributed by atoms with Crippen molar-refractivity contribution in [2.75, 3.05) is 6.61 Å². The van der Waals surface area contributed by atoms with E-state index in [1.54, 1.807) is 41.5 Å². The number of nitrogens with two attached hydrogens (primary N) is 4. The lowest BCUT2D eigenvalue weighted by atomic mass is 9.95. The first-order valence-electron chi connectivity index (χ1n) is 22.1. The summed E-state index contributed by atoms with van der Waals surface area (Å²) >= 11 is 0. The number of aromatic hydroxyl groups is 1. The molecule has 0 bridgehead atoms. The first-order chi connectivity index (χ1) is 31.7. The number of rotatable bonds is 31. The zero-order chi connectivity index (χ0) is 52.0. The molecule has 0 saturated carbocycles. The zero-order valence-electron chi connectivity index (χ0n) is 39.2. The van der Waals surface area contributed by atoms with Crippen molar-refractivity contribution in [2.45, 2.75) is 141 Å². The minimum absolute atomic E-state index is 0.0100. The molecule has 0 radical (unpaired) electrons. The summed E-state index contributed by atoms with van der Waals surface area (Å²) in [6.45, 7) is 9.25. The molecule has 25 heteroatoms. The predicted octanol–water partition coefficient (Wildman–Crippen LogP) is -4.11. The van der Waals surface area contributed by atoms with Gasteiger partial charge in [0.15, 0.2) is 0 Å². The highest BCUT2D eigenvalue weighted by molar-refractivity contribution is 5.99. The van der Waals surface area contributed by atoms with Crippen molar-refractivity contribution >= 4 is 65.0 Å². The van der Waals surface area contributed by atoms with Crippen molar-refractivity contribution in [2.24, 2.45) is 40.7 Å². The average molecular weight is 964 g/mol. The summed E-state index contributed by atoms with van der Waals surface area (Å²) in [5, 5.41) is 46.0. The lowest BCUT2D eigenvalue weighted by Crippen LogP contribution is -2.62. The third-order valence-corrected chi connectivity index (χ3v) is 10.6. The molecule has 0 fully saturated rings. The number of aliphatic hydroxyl groups is 1. The molecule has 1 aromatic carbocycles. The molecule has 0 aliphatic heterocycles. The number of carbonyl (C=O) groups excluding carboxylic acids is 10. The van der Waals surface area contributed by atoms with Gasteiger partial charge in [-0.1, -0.05) is 60.1 Å². The Labute approximate surface area is 393 Å². The first-order valence-corrected chi connectivity index (χ1v) is 22.1. The molecule has 0 aromatic heterocycles. The lowest BCUT2D eigenvalue weighted by Gasteiger charge is -2.30. The van der Waals surface area contributed by atoms with E-state index in [1.165, 1.54) is 24.3 Å². The molecular weight excluding hydrogens is 895 g/mol. The summed E-state index contributed by atoms with van der Waals surface area (Å²) in [4.78, 5) is 142. The smallest absolute Gasteiger partial charge is 0.326 e. The van der Waals surface area contributed by atoms with E-state index in [2.05, 4.69) is 37.2 Å². The summed E-state index contributed by atoms with van der Waals surface area (Å²) < 4.78 is 0. The van der Waals surface area contributed by atoms with Crippen LogP contribution in [-0.4, -0.2) is 135 Å². The highest BCUT2D eigenvalue weighted by Crippen LogP contribution is 2.15. The van der Waals surface area contributed by atoms with Gasteiger partial charge in [-0.2, -0.15) is 0 Å². The third kappa shape index (κ3) is 21.2. The van der Waals surface area contributed by atoms with Crippen LogP contribution in [0.1, 0.15) is 92.1 Å². The number of primary amides is 3. The average Bonchev–Trinajstić information content (AvgIpc) is 3.25. The molecule has 9 atom stereocenters. The fourth-order valence-electron chi connectivity index (χ4n) is 6.46. The molecule has 0 heterocycles. The molecule has 0 spiro atoms. The fraction of sp³-hybridized carbons (Fsp3) is 0.605. The molecule has 0 aliphatic rings. The van der Waals surface area contributed by atoms with Gasteiger partial charge in [0.25, 0.3) is 0 Å². The van der Waals surface area contributed by atoms with Gasteiger partial charge in [0.1, 0.15) is 54.1 Å². The van der Waals surface area contributed by atoms with Gasteiger partial charge in [0, 0.05) is 19.3 Å². The predicted molar refractivity (Wildman–Crippen MR) is 242 cm³/mol. The Bertz CT molecular complexity index is 1950. The zero-order valence-corrected chi connectivity index (χ0v) is 39.2. The molecule has 0 saturated heterocycles. The SMILES string of the molecule is CC[C@H](C)[C@H](NC(=O)[C@H](CC(C)C)NC(=O)[C@H](Cc1ccc(O)cc1)NC(=O)[C@H](CC(N)=O)NC(=O)[C@H](CCC(N)=O)NC(=O)[C@@H](N)CO)C(=O)N[C@H](C(=O)N[C@@H](CCC(N)=O)C(=O)O)C(C)C. The van der Waals surface area contributed by atoms with Gasteiger partial charge in [-0.3, -0.25) is 47.9 Å². The summed E-state index contributed by atoms with van der Waals surface area (Å²) in [5.41, 5.74) is 21.7. The Morgan fingerprint density at radius 2 is 1.00 bits per heavy atom. The topological polar surface area (TPSA) is 437 Å². The second-order valence-electron chi connectivity index (χ2n) is 17.2. The van der Waals surface area contributed by atoms with Crippen molar-refractivity contribution in [3.8, 4) is 5.75 Å². The maximum atomic E-state index is 14.3. The van der Waals surface area contributed by atoms with Gasteiger partial charge in [-0.25, -0.2) is 4.79 Å². The summed E-state index contributed by atoms with van der Waals surface area (Å²) in [7, 11) is 0. The Morgan fingerprint density at radius 3 is 1.49 bits per heavy atom. The molecule has 0 aliphatic carbocycles. The van der Waals surface area contributed by atoms with Crippen LogP contribution in [0.15, 0.2) is 24.3 Å². The number of aliphatic hydroxyl groups excluding tert-OH is 1. The van der Waals surface area contributed by atoms with Gasteiger partial charge >= 0.3 is 5.97 Å². The minimum Gasteiger partial charge on any atom is -0.508 e. The van der Waals surface area contributed by atoms with Gasteiger partial charge < -0.3 is 75.5 Å². The number of carboxylic acid groups (broad SMARTS) is 1. The molecule has 0 unspecified atom stereocenters. The molecular formula is C43H69N11O14. The molecule has 10 amide bonds. The number of carbonyl (C=O) groups is 11. The maximum absolute atomic E-state index is 14.3. The number of hydrogen-bond acceptors (Lipinski definition) is 14. The van der Waals surface area contributed by atoms with Gasteiger partial charge in [0.2, 0.25) is 59.1 Å². The summed E-state index contributed by atoms with van der Waals surface area (Å²) in [6.07, 6.45) is -2.25. The van der Waals surface area contributed by atoms with Crippen molar-refractivity contribution in [3.63, 3.8) is 0 Å². The van der Waals surface area contributed by atoms with E-state index in [0.29, 0.717) is 12.0 Å². The van der Waals surface area contributed by atoms with E-state index in [4.69, 9.17) is 22.9 Å².